The summed E-state index contributed by atoms with van der Waals surface area (Å²) in [5.74, 6) is 1.76. The summed E-state index contributed by atoms with van der Waals surface area (Å²) in [7, 11) is 0. The average Bonchev–Trinajstić information content (AvgIpc) is 2.83. The fourth-order valence-corrected chi connectivity index (χ4v) is 1.54. The third-order valence-electron chi connectivity index (χ3n) is 2.96. The molecule has 0 amide bonds. The van der Waals surface area contributed by atoms with Crippen LogP contribution in [-0.2, 0) is 0 Å². The van der Waals surface area contributed by atoms with E-state index in [0.717, 1.165) is 24.7 Å². The Labute approximate surface area is 75.2 Å². The van der Waals surface area contributed by atoms with Gasteiger partial charge in [0.25, 0.3) is 0 Å². The summed E-state index contributed by atoms with van der Waals surface area (Å²) in [4.78, 5) is 0. The van der Waals surface area contributed by atoms with Gasteiger partial charge in [0, 0.05) is 5.54 Å². The highest BCUT2D eigenvalue weighted by Crippen LogP contribution is 2.39. The standard InChI is InChI=1S/C10H21NO/c1-8(9-3-4-9)5-6-10(2,11)7-12/h8-9,12H,3-7,11H2,1-2H3. The maximum Gasteiger partial charge on any atom is 0.0608 e. The van der Waals surface area contributed by atoms with Gasteiger partial charge in [0.1, 0.15) is 0 Å². The van der Waals surface area contributed by atoms with Crippen molar-refractivity contribution in [2.75, 3.05) is 6.61 Å². The largest absolute Gasteiger partial charge is 0.394 e. The first-order valence-corrected chi connectivity index (χ1v) is 4.95. The molecule has 1 rings (SSSR count). The molecule has 1 fully saturated rings. The smallest absolute Gasteiger partial charge is 0.0608 e. The topological polar surface area (TPSA) is 46.2 Å². The van der Waals surface area contributed by atoms with Crippen molar-refractivity contribution >= 4 is 0 Å². The van der Waals surface area contributed by atoms with Gasteiger partial charge in [-0.25, -0.2) is 0 Å². The molecule has 0 aromatic carbocycles. The minimum absolute atomic E-state index is 0.102. The summed E-state index contributed by atoms with van der Waals surface area (Å²) >= 11 is 0. The van der Waals surface area contributed by atoms with Crippen LogP contribution in [0.4, 0.5) is 0 Å². The minimum atomic E-state index is -0.358. The highest BCUT2D eigenvalue weighted by molar-refractivity contribution is 4.83. The van der Waals surface area contributed by atoms with Crippen LogP contribution in [0, 0.1) is 11.8 Å². The van der Waals surface area contributed by atoms with E-state index >= 15 is 0 Å². The van der Waals surface area contributed by atoms with Crippen LogP contribution in [0.2, 0.25) is 0 Å². The van der Waals surface area contributed by atoms with E-state index in [0.29, 0.717) is 0 Å². The number of aliphatic hydroxyl groups excluding tert-OH is 1. The molecule has 0 aliphatic heterocycles. The maximum absolute atomic E-state index is 8.94. The SMILES string of the molecule is CC(CCC(C)(N)CO)C1CC1. The first-order chi connectivity index (χ1) is 5.55. The molecule has 0 aromatic heterocycles. The minimum Gasteiger partial charge on any atom is -0.394 e. The van der Waals surface area contributed by atoms with Gasteiger partial charge in [-0.05, 0) is 44.4 Å². The fraction of sp³-hybridized carbons (Fsp3) is 1.00. The van der Waals surface area contributed by atoms with Gasteiger partial charge in [-0.1, -0.05) is 6.92 Å². The van der Waals surface area contributed by atoms with Crippen LogP contribution in [-0.4, -0.2) is 17.3 Å². The molecule has 2 nitrogen and oxygen atoms in total. The third kappa shape index (κ3) is 3.11. The van der Waals surface area contributed by atoms with Crippen molar-refractivity contribution in [3.05, 3.63) is 0 Å². The molecule has 12 heavy (non-hydrogen) atoms. The zero-order valence-electron chi connectivity index (χ0n) is 8.21. The van der Waals surface area contributed by atoms with E-state index in [1.165, 1.54) is 12.8 Å². The Morgan fingerprint density at radius 1 is 1.58 bits per heavy atom. The molecule has 0 aromatic rings. The summed E-state index contributed by atoms with van der Waals surface area (Å²) in [6.07, 6.45) is 4.92. The van der Waals surface area contributed by atoms with Crippen LogP contribution in [0.25, 0.3) is 0 Å². The van der Waals surface area contributed by atoms with Crippen LogP contribution >= 0.6 is 0 Å². The lowest BCUT2D eigenvalue weighted by molar-refractivity contribution is 0.191. The van der Waals surface area contributed by atoms with Gasteiger partial charge in [0.05, 0.1) is 6.61 Å². The van der Waals surface area contributed by atoms with Crippen LogP contribution in [0.3, 0.4) is 0 Å². The molecule has 1 aliphatic rings. The molecular weight excluding hydrogens is 150 g/mol. The van der Waals surface area contributed by atoms with Crippen LogP contribution in [0.1, 0.15) is 39.5 Å². The Hall–Kier alpha value is -0.0800. The number of hydrogen-bond donors (Lipinski definition) is 2. The average molecular weight is 171 g/mol. The predicted octanol–water partition coefficient (Wildman–Crippen LogP) is 1.52. The third-order valence-corrected chi connectivity index (χ3v) is 2.96. The van der Waals surface area contributed by atoms with Gasteiger partial charge >= 0.3 is 0 Å². The first kappa shape index (κ1) is 10.0. The molecule has 2 heteroatoms. The quantitative estimate of drug-likeness (QED) is 0.659. The van der Waals surface area contributed by atoms with Gasteiger partial charge in [0.15, 0.2) is 0 Å². The van der Waals surface area contributed by atoms with Gasteiger partial charge in [-0.15, -0.1) is 0 Å². The molecule has 0 radical (unpaired) electrons. The normalized spacial score (nSPS) is 25.0. The summed E-state index contributed by atoms with van der Waals surface area (Å²) in [5, 5.41) is 8.94. The molecule has 72 valence electrons. The molecule has 0 spiro atoms. The Balaban J connectivity index is 2.14. The lowest BCUT2D eigenvalue weighted by Gasteiger charge is -2.23. The van der Waals surface area contributed by atoms with Crippen molar-refractivity contribution in [3.63, 3.8) is 0 Å². The predicted molar refractivity (Wildman–Crippen MR) is 50.8 cm³/mol. The van der Waals surface area contributed by atoms with Crippen LogP contribution < -0.4 is 5.73 Å². The summed E-state index contributed by atoms with van der Waals surface area (Å²) in [6.45, 7) is 4.32. The van der Waals surface area contributed by atoms with E-state index in [4.69, 9.17) is 10.8 Å². The molecule has 0 heterocycles. The molecular formula is C10H21NO. The van der Waals surface area contributed by atoms with Crippen molar-refractivity contribution in [2.45, 2.75) is 45.1 Å². The van der Waals surface area contributed by atoms with Crippen LogP contribution in [0.5, 0.6) is 0 Å². The Morgan fingerprint density at radius 2 is 2.17 bits per heavy atom. The summed E-state index contributed by atoms with van der Waals surface area (Å²) < 4.78 is 0. The van der Waals surface area contributed by atoms with E-state index in [-0.39, 0.29) is 12.1 Å². The number of aliphatic hydroxyl groups is 1. The van der Waals surface area contributed by atoms with E-state index in [9.17, 15) is 0 Å². The van der Waals surface area contributed by atoms with Crippen molar-refractivity contribution in [1.29, 1.82) is 0 Å². The monoisotopic (exact) mass is 171 g/mol. The molecule has 2 atom stereocenters. The second-order valence-electron chi connectivity index (χ2n) is 4.67. The zero-order valence-corrected chi connectivity index (χ0v) is 8.21. The Morgan fingerprint density at radius 3 is 2.58 bits per heavy atom. The highest BCUT2D eigenvalue weighted by Gasteiger charge is 2.29. The van der Waals surface area contributed by atoms with E-state index in [1.807, 2.05) is 6.92 Å². The fourth-order valence-electron chi connectivity index (χ4n) is 1.54. The van der Waals surface area contributed by atoms with Crippen molar-refractivity contribution < 1.29 is 5.11 Å². The van der Waals surface area contributed by atoms with Crippen molar-refractivity contribution in [1.82, 2.24) is 0 Å². The highest BCUT2D eigenvalue weighted by atomic mass is 16.3. The second-order valence-corrected chi connectivity index (χ2v) is 4.67. The second kappa shape index (κ2) is 3.75. The molecule has 0 bridgehead atoms. The maximum atomic E-state index is 8.94. The molecule has 0 saturated heterocycles. The zero-order chi connectivity index (χ0) is 9.19. The Bertz CT molecular complexity index is 141. The van der Waals surface area contributed by atoms with Gasteiger partial charge in [-0.3, -0.25) is 0 Å². The molecule has 3 N–H and O–H groups in total. The van der Waals surface area contributed by atoms with E-state index < -0.39 is 0 Å². The number of rotatable bonds is 5. The Kier molecular flexibility index (Phi) is 3.13. The van der Waals surface area contributed by atoms with E-state index in [1.54, 1.807) is 0 Å². The molecule has 2 unspecified atom stereocenters. The summed E-state index contributed by atoms with van der Waals surface area (Å²) in [5.41, 5.74) is 5.48. The lowest BCUT2D eigenvalue weighted by atomic mass is 9.91. The lowest BCUT2D eigenvalue weighted by Crippen LogP contribution is -2.40. The van der Waals surface area contributed by atoms with Crippen molar-refractivity contribution in [3.8, 4) is 0 Å². The molecule has 1 saturated carbocycles. The van der Waals surface area contributed by atoms with Gasteiger partial charge in [-0.2, -0.15) is 0 Å². The van der Waals surface area contributed by atoms with E-state index in [2.05, 4.69) is 6.92 Å². The number of hydrogen-bond acceptors (Lipinski definition) is 2. The summed E-state index contributed by atoms with van der Waals surface area (Å²) in [6, 6.07) is 0. The molecule has 1 aliphatic carbocycles. The van der Waals surface area contributed by atoms with Gasteiger partial charge in [0.2, 0.25) is 0 Å². The first-order valence-electron chi connectivity index (χ1n) is 4.95. The van der Waals surface area contributed by atoms with Crippen LogP contribution in [0.15, 0.2) is 0 Å². The number of nitrogens with two attached hydrogens (primary N) is 1. The van der Waals surface area contributed by atoms with Crippen molar-refractivity contribution in [2.24, 2.45) is 17.6 Å². The van der Waals surface area contributed by atoms with Gasteiger partial charge < -0.3 is 10.8 Å².